The molecule has 0 amide bonds. The van der Waals surface area contributed by atoms with E-state index in [1.54, 1.807) is 0 Å². The van der Waals surface area contributed by atoms with Crippen LogP contribution in [0.1, 0.15) is 13.8 Å². The second-order valence-corrected chi connectivity index (χ2v) is 1.99. The Hall–Kier alpha value is -0.466. The van der Waals surface area contributed by atoms with Gasteiger partial charge < -0.3 is 36.2 Å². The molecule has 7 nitrogen and oxygen atoms in total. The summed E-state index contributed by atoms with van der Waals surface area (Å²) in [6.07, 6.45) is -2.69. The minimum atomic E-state index is -1.44. The fraction of sp³-hybridized carbons (Fsp3) is 0.667. The first-order valence-electron chi connectivity index (χ1n) is 3.06. The summed E-state index contributed by atoms with van der Waals surface area (Å²) in [6, 6.07) is 0. The maximum absolute atomic E-state index is 9.34. The van der Waals surface area contributed by atoms with Crippen molar-refractivity contribution in [1.29, 1.82) is 0 Å². The van der Waals surface area contributed by atoms with Crippen molar-refractivity contribution in [3.8, 4) is 0 Å². The molecule has 0 aliphatic rings. The van der Waals surface area contributed by atoms with Gasteiger partial charge >= 0.3 is 0 Å². The van der Waals surface area contributed by atoms with E-state index in [1.807, 2.05) is 0 Å². The maximum atomic E-state index is 9.34. The molecule has 6 N–H and O–H groups in total. The third kappa shape index (κ3) is 22.5. The second-order valence-electron chi connectivity index (χ2n) is 1.99. The van der Waals surface area contributed by atoms with Crippen LogP contribution in [0.25, 0.3) is 0 Å². The van der Waals surface area contributed by atoms with E-state index in [-0.39, 0.29) is 27.9 Å². The van der Waals surface area contributed by atoms with Crippen molar-refractivity contribution < 1.29 is 51.7 Å². The van der Waals surface area contributed by atoms with Crippen LogP contribution in [0.2, 0.25) is 0 Å². The van der Waals surface area contributed by atoms with Gasteiger partial charge in [-0.2, -0.15) is 0 Å². The number of rotatable bonds is 2. The van der Waals surface area contributed by atoms with Crippen LogP contribution in [0.3, 0.4) is 0 Å². The monoisotopic (exact) mass is 244 g/mol. The first-order chi connectivity index (χ1) is 5.29. The summed E-state index contributed by atoms with van der Waals surface area (Å²) in [5.74, 6) is -2.87. The summed E-state index contributed by atoms with van der Waals surface area (Å²) in [5.41, 5.74) is 0. The molecule has 0 spiro atoms. The maximum Gasteiger partial charge on any atom is 0.0905 e. The van der Waals surface area contributed by atoms with Crippen molar-refractivity contribution in [2.45, 2.75) is 26.1 Å². The number of aliphatic hydroxyl groups excluding tert-OH is 2. The molecule has 0 aliphatic heterocycles. The first kappa shape index (κ1) is 23.4. The molecule has 14 heavy (non-hydrogen) atoms. The molecule has 8 heteroatoms. The molecule has 2 unspecified atom stereocenters. The standard InChI is InChI=1S/2C3H6O3.H3N.Ti/c2*1-2(4)3(5)6;;/h2*2,4H,1H3,(H,5,6);1H3;/p-1. The van der Waals surface area contributed by atoms with Crippen molar-refractivity contribution >= 4 is 11.9 Å². The van der Waals surface area contributed by atoms with Crippen molar-refractivity contribution in [3.05, 3.63) is 0 Å². The number of carboxylic acids is 2. The molecule has 0 aliphatic carbocycles. The number of carbonyl (C=O) groups is 2. The van der Waals surface area contributed by atoms with E-state index in [9.17, 15) is 19.8 Å². The molecule has 0 aromatic rings. The first-order valence-corrected chi connectivity index (χ1v) is 3.06. The van der Waals surface area contributed by atoms with Crippen molar-refractivity contribution in [2.75, 3.05) is 0 Å². The number of carbonyl (C=O) groups excluding carboxylic acids is 2. The third-order valence-corrected chi connectivity index (χ3v) is 0.682. The molecule has 0 radical (unpaired) electrons. The van der Waals surface area contributed by atoms with E-state index in [4.69, 9.17) is 10.2 Å². The largest absolute Gasteiger partial charge is 0.547 e. The Labute approximate surface area is 96.2 Å². The van der Waals surface area contributed by atoms with Crippen LogP contribution in [0, 0.1) is 0 Å². The minimum absolute atomic E-state index is 0. The molecular weight excluding hydrogens is 230 g/mol. The summed E-state index contributed by atoms with van der Waals surface area (Å²) in [5, 5.41) is 34.6. The number of hydrogen-bond donors (Lipinski definition) is 3. The zero-order valence-corrected chi connectivity index (χ0v) is 9.74. The Morgan fingerprint density at radius 3 is 1.07 bits per heavy atom. The smallest absolute Gasteiger partial charge is 0.0905 e. The van der Waals surface area contributed by atoms with Crippen molar-refractivity contribution in [2.24, 2.45) is 0 Å². The summed E-state index contributed by atoms with van der Waals surface area (Å²) in [6.45, 7) is 2.27. The van der Waals surface area contributed by atoms with Gasteiger partial charge in [-0.15, -0.1) is 0 Å². The Bertz CT molecular complexity index is 142. The molecule has 2 atom stereocenters. The Morgan fingerprint density at radius 2 is 1.07 bits per heavy atom. The van der Waals surface area contributed by atoms with E-state index < -0.39 is 24.1 Å². The summed E-state index contributed by atoms with van der Waals surface area (Å²) < 4.78 is 0. The average molecular weight is 244 g/mol. The molecule has 0 rings (SSSR count). The van der Waals surface area contributed by atoms with Gasteiger partial charge in [0.05, 0.1) is 24.1 Å². The number of quaternary nitrogens is 1. The van der Waals surface area contributed by atoms with Crippen molar-refractivity contribution in [3.63, 3.8) is 0 Å². The van der Waals surface area contributed by atoms with Crippen LogP contribution < -0.4 is 16.4 Å². The molecule has 0 fully saturated rings. The fourth-order valence-electron chi connectivity index (χ4n) is 0. The zero-order valence-electron chi connectivity index (χ0n) is 8.18. The van der Waals surface area contributed by atoms with Crippen LogP contribution in [0.4, 0.5) is 0 Å². The summed E-state index contributed by atoms with van der Waals surface area (Å²) >= 11 is 0. The van der Waals surface area contributed by atoms with E-state index >= 15 is 0 Å². The quantitative estimate of drug-likeness (QED) is 0.429. The SMILES string of the molecule is CC(O)C(=O)[O-].CC(O)C(=O)[O-].[NH4+].[Ti]. The van der Waals surface area contributed by atoms with Crippen LogP contribution in [-0.2, 0) is 31.3 Å². The average Bonchev–Trinajstić information content (AvgIpc) is 1.88. The predicted molar refractivity (Wildman–Crippen MR) is 39.4 cm³/mol. The van der Waals surface area contributed by atoms with Gasteiger partial charge in [0.25, 0.3) is 0 Å². The number of aliphatic carboxylic acids is 2. The summed E-state index contributed by atoms with van der Waals surface area (Å²) in [7, 11) is 0. The van der Waals surface area contributed by atoms with Crippen LogP contribution >= 0.6 is 0 Å². The van der Waals surface area contributed by atoms with Gasteiger partial charge in [-0.25, -0.2) is 0 Å². The summed E-state index contributed by atoms with van der Waals surface area (Å²) in [4.78, 5) is 18.7. The normalized spacial score (nSPS) is 11.7. The minimum Gasteiger partial charge on any atom is -0.547 e. The zero-order chi connectivity index (χ0) is 10.3. The Balaban J connectivity index is -0.0000000625. The van der Waals surface area contributed by atoms with Gasteiger partial charge in [0.2, 0.25) is 0 Å². The van der Waals surface area contributed by atoms with E-state index in [1.165, 1.54) is 0 Å². The van der Waals surface area contributed by atoms with E-state index in [0.29, 0.717) is 0 Å². The number of carboxylic acid groups (broad SMARTS) is 2. The molecule has 0 aromatic heterocycles. The predicted octanol–water partition coefficient (Wildman–Crippen LogP) is -3.39. The molecule has 0 saturated carbocycles. The van der Waals surface area contributed by atoms with Gasteiger partial charge in [-0.1, -0.05) is 0 Å². The third-order valence-electron chi connectivity index (χ3n) is 0.682. The van der Waals surface area contributed by atoms with Gasteiger partial charge in [0, 0.05) is 21.7 Å². The Morgan fingerprint density at radius 1 is 1.00 bits per heavy atom. The molecule has 0 bridgehead atoms. The van der Waals surface area contributed by atoms with Gasteiger partial charge in [0.15, 0.2) is 0 Å². The molecule has 0 saturated heterocycles. The van der Waals surface area contributed by atoms with Gasteiger partial charge in [-0.3, -0.25) is 0 Å². The number of hydrogen-bond acceptors (Lipinski definition) is 6. The molecule has 0 aromatic carbocycles. The van der Waals surface area contributed by atoms with E-state index in [0.717, 1.165) is 13.8 Å². The van der Waals surface area contributed by atoms with Crippen LogP contribution in [-0.4, -0.2) is 34.4 Å². The molecular formula is C6H14NO6Ti-. The fourth-order valence-corrected chi connectivity index (χ4v) is 0. The van der Waals surface area contributed by atoms with Gasteiger partial charge in [0.1, 0.15) is 0 Å². The molecule has 0 heterocycles. The number of aliphatic hydroxyl groups is 2. The van der Waals surface area contributed by atoms with Gasteiger partial charge in [-0.05, 0) is 13.8 Å². The van der Waals surface area contributed by atoms with E-state index in [2.05, 4.69) is 0 Å². The molecule has 84 valence electrons. The van der Waals surface area contributed by atoms with Crippen molar-refractivity contribution in [1.82, 2.24) is 6.15 Å². The van der Waals surface area contributed by atoms with Crippen LogP contribution in [0.5, 0.6) is 0 Å². The second kappa shape index (κ2) is 12.5. The topological polar surface area (TPSA) is 157 Å². The Kier molecular flexibility index (Phi) is 20.9. The van der Waals surface area contributed by atoms with Crippen LogP contribution in [0.15, 0.2) is 0 Å².